The SMILES string of the molecule is Cc1c(C=NN=C(N)NO)sc2ccccc12. The minimum Gasteiger partial charge on any atom is -0.367 e. The van der Waals surface area contributed by atoms with E-state index in [0.717, 1.165) is 4.88 Å². The average molecular weight is 248 g/mol. The molecule has 0 bridgehead atoms. The Kier molecular flexibility index (Phi) is 3.36. The summed E-state index contributed by atoms with van der Waals surface area (Å²) < 4.78 is 1.21. The first-order valence-corrected chi connectivity index (χ1v) is 5.78. The van der Waals surface area contributed by atoms with Crippen molar-refractivity contribution in [2.24, 2.45) is 15.9 Å². The lowest BCUT2D eigenvalue weighted by Gasteiger charge is -1.91. The molecule has 1 aromatic heterocycles. The van der Waals surface area contributed by atoms with Crippen molar-refractivity contribution in [2.45, 2.75) is 6.92 Å². The highest BCUT2D eigenvalue weighted by atomic mass is 32.1. The van der Waals surface area contributed by atoms with E-state index in [9.17, 15) is 0 Å². The van der Waals surface area contributed by atoms with Crippen LogP contribution >= 0.6 is 11.3 Å². The van der Waals surface area contributed by atoms with Crippen LogP contribution in [0.2, 0.25) is 0 Å². The number of nitrogens with zero attached hydrogens (tertiary/aromatic N) is 2. The summed E-state index contributed by atoms with van der Waals surface area (Å²) in [5.74, 6) is -0.139. The molecule has 0 spiro atoms. The predicted molar refractivity (Wildman–Crippen MR) is 70.7 cm³/mol. The van der Waals surface area contributed by atoms with E-state index in [1.807, 2.05) is 19.1 Å². The van der Waals surface area contributed by atoms with Crippen molar-refractivity contribution in [3.63, 3.8) is 0 Å². The Morgan fingerprint density at radius 3 is 2.94 bits per heavy atom. The summed E-state index contributed by atoms with van der Waals surface area (Å²) in [5, 5.41) is 17.0. The Hall–Kier alpha value is -1.92. The van der Waals surface area contributed by atoms with E-state index in [4.69, 9.17) is 10.9 Å². The maximum absolute atomic E-state index is 8.42. The molecule has 0 unspecified atom stereocenters. The molecular weight excluding hydrogens is 236 g/mol. The lowest BCUT2D eigenvalue weighted by Crippen LogP contribution is -2.27. The Bertz CT molecular complexity index is 588. The third-order valence-corrected chi connectivity index (χ3v) is 3.54. The third-order valence-electron chi connectivity index (χ3n) is 2.34. The second-order valence-electron chi connectivity index (χ2n) is 3.43. The summed E-state index contributed by atoms with van der Waals surface area (Å²) in [6.07, 6.45) is 1.63. The maximum atomic E-state index is 8.42. The quantitative estimate of drug-likeness (QED) is 0.431. The van der Waals surface area contributed by atoms with Crippen LogP contribution in [0.3, 0.4) is 0 Å². The number of nitrogens with two attached hydrogens (primary N) is 1. The second kappa shape index (κ2) is 4.94. The summed E-state index contributed by atoms with van der Waals surface area (Å²) in [4.78, 5) is 1.03. The Morgan fingerprint density at radius 1 is 1.47 bits per heavy atom. The largest absolute Gasteiger partial charge is 0.367 e. The zero-order chi connectivity index (χ0) is 12.3. The minimum atomic E-state index is -0.139. The molecule has 2 rings (SSSR count). The van der Waals surface area contributed by atoms with E-state index >= 15 is 0 Å². The molecule has 1 heterocycles. The van der Waals surface area contributed by atoms with Crippen LogP contribution in [0.1, 0.15) is 10.4 Å². The van der Waals surface area contributed by atoms with Crippen molar-refractivity contribution in [1.29, 1.82) is 0 Å². The van der Waals surface area contributed by atoms with E-state index in [1.165, 1.54) is 15.6 Å². The van der Waals surface area contributed by atoms with Gasteiger partial charge < -0.3 is 5.73 Å². The third kappa shape index (κ3) is 2.43. The van der Waals surface area contributed by atoms with Gasteiger partial charge in [0.1, 0.15) is 0 Å². The van der Waals surface area contributed by atoms with Gasteiger partial charge in [-0.25, -0.2) is 5.48 Å². The van der Waals surface area contributed by atoms with Crippen LogP contribution < -0.4 is 11.2 Å². The van der Waals surface area contributed by atoms with Crippen LogP contribution in [0.5, 0.6) is 0 Å². The lowest BCUT2D eigenvalue weighted by atomic mass is 10.1. The lowest BCUT2D eigenvalue weighted by molar-refractivity contribution is 0.232. The number of rotatable bonds is 2. The van der Waals surface area contributed by atoms with E-state index in [-0.39, 0.29) is 5.96 Å². The number of guanidine groups is 1. The van der Waals surface area contributed by atoms with Gasteiger partial charge in [-0.15, -0.1) is 16.4 Å². The summed E-state index contributed by atoms with van der Waals surface area (Å²) in [6.45, 7) is 2.04. The minimum absolute atomic E-state index is 0.139. The van der Waals surface area contributed by atoms with Crippen molar-refractivity contribution in [2.75, 3.05) is 0 Å². The Morgan fingerprint density at radius 2 is 2.24 bits per heavy atom. The van der Waals surface area contributed by atoms with E-state index in [2.05, 4.69) is 22.3 Å². The van der Waals surface area contributed by atoms with Gasteiger partial charge in [-0.1, -0.05) is 18.2 Å². The van der Waals surface area contributed by atoms with Crippen molar-refractivity contribution in [3.8, 4) is 0 Å². The molecule has 0 amide bonds. The number of aryl methyl sites for hydroxylation is 1. The Balaban J connectivity index is 2.34. The number of thiophene rings is 1. The molecule has 0 atom stereocenters. The van der Waals surface area contributed by atoms with Crippen LogP contribution in [-0.4, -0.2) is 17.4 Å². The molecule has 1 aromatic carbocycles. The van der Waals surface area contributed by atoms with Crippen molar-refractivity contribution >= 4 is 33.6 Å². The van der Waals surface area contributed by atoms with Crippen LogP contribution in [-0.2, 0) is 0 Å². The summed E-state index contributed by atoms with van der Waals surface area (Å²) in [6, 6.07) is 8.16. The van der Waals surface area contributed by atoms with Gasteiger partial charge >= 0.3 is 0 Å². The Labute approximate surface area is 102 Å². The topological polar surface area (TPSA) is 83.0 Å². The van der Waals surface area contributed by atoms with Gasteiger partial charge in [0.05, 0.1) is 11.1 Å². The fourth-order valence-electron chi connectivity index (χ4n) is 1.48. The molecule has 5 nitrogen and oxygen atoms in total. The van der Waals surface area contributed by atoms with Crippen molar-refractivity contribution in [3.05, 3.63) is 34.7 Å². The van der Waals surface area contributed by atoms with Crippen LogP contribution in [0.15, 0.2) is 34.5 Å². The molecule has 0 aliphatic carbocycles. The first kappa shape index (κ1) is 11.6. The normalized spacial score (nSPS) is 12.5. The molecule has 4 N–H and O–H groups in total. The average Bonchev–Trinajstić information content (AvgIpc) is 2.67. The first-order chi connectivity index (χ1) is 8.22. The molecule has 0 saturated carbocycles. The van der Waals surface area contributed by atoms with Crippen LogP contribution in [0, 0.1) is 6.92 Å². The second-order valence-corrected chi connectivity index (χ2v) is 4.51. The van der Waals surface area contributed by atoms with Gasteiger partial charge in [0.15, 0.2) is 0 Å². The smallest absolute Gasteiger partial charge is 0.237 e. The summed E-state index contributed by atoms with van der Waals surface area (Å²) >= 11 is 1.64. The number of benzene rings is 1. The van der Waals surface area contributed by atoms with Gasteiger partial charge in [0.2, 0.25) is 5.96 Å². The number of hydroxylamine groups is 1. The van der Waals surface area contributed by atoms with E-state index in [0.29, 0.717) is 0 Å². The van der Waals surface area contributed by atoms with Crippen LogP contribution in [0.25, 0.3) is 10.1 Å². The highest BCUT2D eigenvalue weighted by molar-refractivity contribution is 7.20. The molecule has 88 valence electrons. The van der Waals surface area contributed by atoms with Crippen molar-refractivity contribution < 1.29 is 5.21 Å². The standard InChI is InChI=1S/C11H12N4OS/c1-7-8-4-2-3-5-9(8)17-10(7)6-13-14-11(12)15-16/h2-6,16H,1H3,(H3,12,14,15). The van der Waals surface area contributed by atoms with Gasteiger partial charge in [0, 0.05) is 4.70 Å². The number of nitrogens with one attached hydrogen (secondary N) is 1. The summed E-state index contributed by atoms with van der Waals surface area (Å²) in [5.41, 5.74) is 8.11. The van der Waals surface area contributed by atoms with Gasteiger partial charge in [0.25, 0.3) is 0 Å². The predicted octanol–water partition coefficient (Wildman–Crippen LogP) is 1.84. The molecule has 0 radical (unpaired) electrons. The van der Waals surface area contributed by atoms with Crippen molar-refractivity contribution in [1.82, 2.24) is 5.48 Å². The highest BCUT2D eigenvalue weighted by Gasteiger charge is 2.05. The maximum Gasteiger partial charge on any atom is 0.237 e. The number of fused-ring (bicyclic) bond motifs is 1. The molecule has 0 saturated heterocycles. The fraction of sp³-hybridized carbons (Fsp3) is 0.0909. The molecule has 0 aliphatic rings. The van der Waals surface area contributed by atoms with E-state index < -0.39 is 0 Å². The zero-order valence-electron chi connectivity index (χ0n) is 9.21. The zero-order valence-corrected chi connectivity index (χ0v) is 10.0. The molecule has 0 aliphatic heterocycles. The van der Waals surface area contributed by atoms with E-state index in [1.54, 1.807) is 23.0 Å². The molecule has 6 heteroatoms. The fourth-order valence-corrected chi connectivity index (χ4v) is 2.56. The molecule has 17 heavy (non-hydrogen) atoms. The molecule has 0 fully saturated rings. The molecular formula is C11H12N4OS. The van der Waals surface area contributed by atoms with Gasteiger partial charge in [-0.3, -0.25) is 5.21 Å². The number of hydrogen-bond acceptors (Lipinski definition) is 4. The van der Waals surface area contributed by atoms with Gasteiger partial charge in [-0.05, 0) is 23.9 Å². The van der Waals surface area contributed by atoms with Crippen LogP contribution in [0.4, 0.5) is 0 Å². The summed E-state index contributed by atoms with van der Waals surface area (Å²) in [7, 11) is 0. The first-order valence-electron chi connectivity index (χ1n) is 4.97. The van der Waals surface area contributed by atoms with Gasteiger partial charge in [-0.2, -0.15) is 5.10 Å². The number of hydrogen-bond donors (Lipinski definition) is 3. The monoisotopic (exact) mass is 248 g/mol. The highest BCUT2D eigenvalue weighted by Crippen LogP contribution is 2.29. The molecule has 2 aromatic rings.